The Morgan fingerprint density at radius 3 is 2.83 bits per heavy atom. The van der Waals surface area contributed by atoms with Crippen molar-refractivity contribution in [1.29, 1.82) is 0 Å². The van der Waals surface area contributed by atoms with E-state index in [9.17, 15) is 9.59 Å². The van der Waals surface area contributed by atoms with Gasteiger partial charge in [0.1, 0.15) is 5.82 Å². The second kappa shape index (κ2) is 8.95. The molecule has 0 unspecified atom stereocenters. The van der Waals surface area contributed by atoms with Gasteiger partial charge in [-0.3, -0.25) is 14.9 Å². The molecule has 0 bridgehead atoms. The van der Waals surface area contributed by atoms with Crippen molar-refractivity contribution in [3.05, 3.63) is 58.6 Å². The maximum absolute atomic E-state index is 12.3. The maximum Gasteiger partial charge on any atom is 0.257 e. The number of carbonyl (C=O) groups is 2. The monoisotopic (exact) mass is 410 g/mol. The van der Waals surface area contributed by atoms with Crippen LogP contribution >= 0.6 is 11.3 Å². The van der Waals surface area contributed by atoms with Gasteiger partial charge in [-0.25, -0.2) is 4.98 Å². The molecule has 29 heavy (non-hydrogen) atoms. The number of rotatable bonds is 6. The Labute approximate surface area is 172 Å². The quantitative estimate of drug-likeness (QED) is 0.650. The topological polar surface area (TPSA) is 102 Å². The van der Waals surface area contributed by atoms with Gasteiger partial charge >= 0.3 is 0 Å². The number of hydrogen-bond acceptors (Lipinski definition) is 6. The summed E-state index contributed by atoms with van der Waals surface area (Å²) in [6.45, 7) is 1.26. The number of thiazole rings is 1. The minimum atomic E-state index is -0.219. The molecule has 1 aliphatic heterocycles. The van der Waals surface area contributed by atoms with Crippen molar-refractivity contribution >= 4 is 28.3 Å². The van der Waals surface area contributed by atoms with Crippen LogP contribution in [0.15, 0.2) is 35.7 Å². The number of nitrogens with one attached hydrogen (secondary N) is 2. The highest BCUT2D eigenvalue weighted by atomic mass is 32.1. The van der Waals surface area contributed by atoms with Crippen molar-refractivity contribution in [2.75, 3.05) is 5.32 Å². The molecule has 2 amide bonds. The Bertz CT molecular complexity index is 998. The fourth-order valence-electron chi connectivity index (χ4n) is 3.29. The fraction of sp³-hybridized carbons (Fsp3) is 0.350. The predicted octanol–water partition coefficient (Wildman–Crippen LogP) is 2.57. The highest BCUT2D eigenvalue weighted by molar-refractivity contribution is 7.14. The number of hydrogen-bond donors (Lipinski definition) is 2. The number of anilines is 1. The SMILES string of the molecule is O=C(Cc1csc(NC(=O)c2ccccc2)n1)NCc1nnc2n1CCCCC2. The summed E-state index contributed by atoms with van der Waals surface area (Å²) in [6.07, 6.45) is 4.54. The van der Waals surface area contributed by atoms with Crippen LogP contribution in [-0.2, 0) is 30.7 Å². The average Bonchev–Trinajstić information content (AvgIpc) is 3.26. The summed E-state index contributed by atoms with van der Waals surface area (Å²) in [5, 5.41) is 16.4. The molecule has 2 aromatic heterocycles. The third-order valence-electron chi connectivity index (χ3n) is 4.78. The van der Waals surface area contributed by atoms with Crippen LogP contribution in [0.4, 0.5) is 5.13 Å². The van der Waals surface area contributed by atoms with Crippen LogP contribution in [0.5, 0.6) is 0 Å². The summed E-state index contributed by atoms with van der Waals surface area (Å²) in [5.41, 5.74) is 1.19. The number of aryl methyl sites for hydroxylation is 1. The molecular weight excluding hydrogens is 388 g/mol. The largest absolute Gasteiger partial charge is 0.348 e. The summed E-state index contributed by atoms with van der Waals surface area (Å²) in [5.74, 6) is 1.44. The van der Waals surface area contributed by atoms with Crippen molar-refractivity contribution in [3.8, 4) is 0 Å². The van der Waals surface area contributed by atoms with Crippen LogP contribution in [0.3, 0.4) is 0 Å². The molecule has 0 saturated carbocycles. The van der Waals surface area contributed by atoms with Crippen LogP contribution in [0.25, 0.3) is 0 Å². The van der Waals surface area contributed by atoms with E-state index in [1.54, 1.807) is 29.6 Å². The molecule has 0 fully saturated rings. The van der Waals surface area contributed by atoms with E-state index in [0.29, 0.717) is 22.9 Å². The lowest BCUT2D eigenvalue weighted by Gasteiger charge is -2.07. The van der Waals surface area contributed by atoms with Gasteiger partial charge < -0.3 is 9.88 Å². The van der Waals surface area contributed by atoms with Crippen molar-refractivity contribution in [1.82, 2.24) is 25.1 Å². The molecule has 2 N–H and O–H groups in total. The number of nitrogens with zero attached hydrogens (tertiary/aromatic N) is 4. The Morgan fingerprint density at radius 1 is 1.10 bits per heavy atom. The molecule has 0 aliphatic carbocycles. The molecule has 1 aliphatic rings. The maximum atomic E-state index is 12.3. The Kier molecular flexibility index (Phi) is 5.95. The van der Waals surface area contributed by atoms with Gasteiger partial charge in [-0.15, -0.1) is 21.5 Å². The van der Waals surface area contributed by atoms with Gasteiger partial charge in [0.2, 0.25) is 5.91 Å². The average molecular weight is 411 g/mol. The van der Waals surface area contributed by atoms with Crippen LogP contribution < -0.4 is 10.6 Å². The highest BCUT2D eigenvalue weighted by Gasteiger charge is 2.16. The normalized spacial score (nSPS) is 13.4. The van der Waals surface area contributed by atoms with Gasteiger partial charge in [-0.05, 0) is 25.0 Å². The number of amides is 2. The van der Waals surface area contributed by atoms with E-state index < -0.39 is 0 Å². The molecular formula is C20H22N6O2S. The zero-order valence-electron chi connectivity index (χ0n) is 15.9. The number of aromatic nitrogens is 4. The lowest BCUT2D eigenvalue weighted by atomic mass is 10.2. The molecule has 0 radical (unpaired) electrons. The lowest BCUT2D eigenvalue weighted by Crippen LogP contribution is -2.26. The summed E-state index contributed by atoms with van der Waals surface area (Å²) in [6, 6.07) is 8.94. The zero-order valence-corrected chi connectivity index (χ0v) is 16.7. The molecule has 0 atom stereocenters. The van der Waals surface area contributed by atoms with E-state index in [1.165, 1.54) is 17.8 Å². The number of fused-ring (bicyclic) bond motifs is 1. The van der Waals surface area contributed by atoms with E-state index in [1.807, 2.05) is 6.07 Å². The predicted molar refractivity (Wildman–Crippen MR) is 110 cm³/mol. The molecule has 3 heterocycles. The first-order valence-corrected chi connectivity index (χ1v) is 10.6. The van der Waals surface area contributed by atoms with Gasteiger partial charge in [0.15, 0.2) is 11.0 Å². The molecule has 1 aromatic carbocycles. The highest BCUT2D eigenvalue weighted by Crippen LogP contribution is 2.17. The number of carbonyl (C=O) groups excluding carboxylic acids is 2. The molecule has 0 spiro atoms. The first-order valence-electron chi connectivity index (χ1n) is 9.67. The van der Waals surface area contributed by atoms with Gasteiger partial charge in [0.25, 0.3) is 5.91 Å². The van der Waals surface area contributed by atoms with Crippen LogP contribution in [0.1, 0.15) is 47.0 Å². The molecule has 3 aromatic rings. The van der Waals surface area contributed by atoms with E-state index in [4.69, 9.17) is 0 Å². The van der Waals surface area contributed by atoms with Crippen LogP contribution in [-0.4, -0.2) is 31.6 Å². The van der Waals surface area contributed by atoms with Gasteiger partial charge in [-0.1, -0.05) is 24.6 Å². The summed E-state index contributed by atoms with van der Waals surface area (Å²) in [7, 11) is 0. The Morgan fingerprint density at radius 2 is 1.97 bits per heavy atom. The van der Waals surface area contributed by atoms with E-state index in [0.717, 1.165) is 37.5 Å². The third kappa shape index (κ3) is 4.86. The second-order valence-electron chi connectivity index (χ2n) is 6.91. The molecule has 8 nitrogen and oxygen atoms in total. The smallest absolute Gasteiger partial charge is 0.257 e. The first-order chi connectivity index (χ1) is 14.2. The standard InChI is InChI=1S/C20H22N6O2S/c27-18(21-12-17-25-24-16-9-5-2-6-10-26(16)17)11-15-13-29-20(22-15)23-19(28)14-7-3-1-4-8-14/h1,3-4,7-8,13H,2,5-6,9-12H2,(H,21,27)(H,22,23,28). The number of benzene rings is 1. The van der Waals surface area contributed by atoms with Crippen molar-refractivity contribution in [2.24, 2.45) is 0 Å². The van der Waals surface area contributed by atoms with E-state index >= 15 is 0 Å². The molecule has 9 heteroatoms. The summed E-state index contributed by atoms with van der Waals surface area (Å²) < 4.78 is 2.12. The van der Waals surface area contributed by atoms with E-state index in [-0.39, 0.29) is 18.2 Å². The minimum absolute atomic E-state index is 0.137. The molecule has 150 valence electrons. The van der Waals surface area contributed by atoms with Crippen molar-refractivity contribution < 1.29 is 9.59 Å². The molecule has 0 saturated heterocycles. The zero-order chi connectivity index (χ0) is 20.1. The summed E-state index contributed by atoms with van der Waals surface area (Å²) >= 11 is 1.30. The van der Waals surface area contributed by atoms with Crippen LogP contribution in [0, 0.1) is 0 Å². The lowest BCUT2D eigenvalue weighted by molar-refractivity contribution is -0.120. The Balaban J connectivity index is 1.29. The summed E-state index contributed by atoms with van der Waals surface area (Å²) in [4.78, 5) is 28.8. The van der Waals surface area contributed by atoms with E-state index in [2.05, 4.69) is 30.4 Å². The van der Waals surface area contributed by atoms with Crippen LogP contribution in [0.2, 0.25) is 0 Å². The van der Waals surface area contributed by atoms with Crippen molar-refractivity contribution in [3.63, 3.8) is 0 Å². The second-order valence-corrected chi connectivity index (χ2v) is 7.77. The fourth-order valence-corrected chi connectivity index (χ4v) is 3.99. The van der Waals surface area contributed by atoms with Crippen molar-refractivity contribution in [2.45, 2.75) is 45.2 Å². The van der Waals surface area contributed by atoms with Gasteiger partial charge in [0.05, 0.1) is 18.7 Å². The van der Waals surface area contributed by atoms with Gasteiger partial charge in [-0.2, -0.15) is 0 Å². The minimum Gasteiger partial charge on any atom is -0.348 e. The Hall–Kier alpha value is -3.07. The molecule has 4 rings (SSSR count). The first kappa shape index (κ1) is 19.3. The third-order valence-corrected chi connectivity index (χ3v) is 5.59. The van der Waals surface area contributed by atoms with Gasteiger partial charge in [0, 0.05) is 23.9 Å².